The van der Waals surface area contributed by atoms with Gasteiger partial charge in [-0.25, -0.2) is 9.69 Å². The fourth-order valence-electron chi connectivity index (χ4n) is 5.85. The minimum Gasteiger partial charge on any atom is -0.464 e. The number of hydrogen-bond donors (Lipinski definition) is 0. The van der Waals surface area contributed by atoms with Gasteiger partial charge in [-0.05, 0) is 29.8 Å². The highest BCUT2D eigenvalue weighted by Crippen LogP contribution is 2.51. The summed E-state index contributed by atoms with van der Waals surface area (Å²) >= 11 is 6.29. The van der Waals surface area contributed by atoms with Gasteiger partial charge in [-0.2, -0.15) is 0 Å². The highest BCUT2D eigenvalue weighted by atomic mass is 35.5. The monoisotopic (exact) mass is 517 g/mol. The molecule has 3 heterocycles. The third-order valence-corrected chi connectivity index (χ3v) is 7.64. The van der Waals surface area contributed by atoms with E-state index < -0.39 is 46.6 Å². The fraction of sp³-hybridized carbons (Fsp3) is 0.222. The first kappa shape index (κ1) is 23.2. The number of amides is 2. The maximum absolute atomic E-state index is 13.8. The Kier molecular flexibility index (Phi) is 5.27. The van der Waals surface area contributed by atoms with Gasteiger partial charge < -0.3 is 9.64 Å². The number of nitrogens with zero attached hydrogens (tertiary/aromatic N) is 3. The maximum Gasteiger partial charge on any atom is 0.329 e. The predicted molar refractivity (Wildman–Crippen MR) is 137 cm³/mol. The number of rotatable bonds is 4. The molecule has 0 radical (unpaired) electrons. The number of non-ortho nitro benzene ring substituents is 1. The van der Waals surface area contributed by atoms with Gasteiger partial charge in [0.2, 0.25) is 11.8 Å². The summed E-state index contributed by atoms with van der Waals surface area (Å²) in [6.45, 7) is 1.78. The van der Waals surface area contributed by atoms with Crippen LogP contribution in [0.15, 0.2) is 60.7 Å². The molecule has 10 heteroatoms. The van der Waals surface area contributed by atoms with Gasteiger partial charge in [0.15, 0.2) is 0 Å². The van der Waals surface area contributed by atoms with Gasteiger partial charge in [-0.15, -0.1) is 0 Å². The molecule has 6 rings (SSSR count). The number of esters is 1. The first-order valence-corrected chi connectivity index (χ1v) is 12.2. The molecule has 0 saturated carbocycles. The van der Waals surface area contributed by atoms with Gasteiger partial charge in [0.25, 0.3) is 5.69 Å². The standard InChI is InChI=1S/C27H20ClN3O6/c1-2-37-27(34)24-23-22(25(32)30(26(23)33)21-13-15(31(35)36)8-10-18(21)28)20-12-9-17-16-6-4-3-5-14(16)7-11-19(17)29(20)24/h3-13,20,22-24H,2H2,1H3/t20-,22+,23+,24-/m0/s1. The van der Waals surface area contributed by atoms with Gasteiger partial charge >= 0.3 is 5.97 Å². The van der Waals surface area contributed by atoms with E-state index in [4.69, 9.17) is 16.3 Å². The SMILES string of the molecule is CCOC(=O)[C@@H]1[C@@H]2C(=O)N(c3cc([N+](=O)[O-])ccc3Cl)C(=O)[C@@H]2[C@@H]2C=Cc3c(ccc4ccccc34)N12. The minimum atomic E-state index is -1.06. The molecule has 0 aliphatic carbocycles. The minimum absolute atomic E-state index is 0.0211. The fourth-order valence-corrected chi connectivity index (χ4v) is 6.05. The van der Waals surface area contributed by atoms with E-state index in [1.807, 2.05) is 53.5 Å². The van der Waals surface area contributed by atoms with Crippen LogP contribution in [0.4, 0.5) is 17.1 Å². The molecule has 9 nitrogen and oxygen atoms in total. The molecule has 0 bridgehead atoms. The Morgan fingerprint density at radius 3 is 2.57 bits per heavy atom. The molecule has 2 saturated heterocycles. The maximum atomic E-state index is 13.8. The lowest BCUT2D eigenvalue weighted by Gasteiger charge is -2.36. The summed E-state index contributed by atoms with van der Waals surface area (Å²) in [5.41, 5.74) is 1.25. The van der Waals surface area contributed by atoms with Crippen LogP contribution in [0.3, 0.4) is 0 Å². The van der Waals surface area contributed by atoms with Crippen molar-refractivity contribution in [3.63, 3.8) is 0 Å². The summed E-state index contributed by atoms with van der Waals surface area (Å²) in [5, 5.41) is 13.4. The van der Waals surface area contributed by atoms with Crippen LogP contribution >= 0.6 is 11.6 Å². The zero-order valence-electron chi connectivity index (χ0n) is 19.5. The van der Waals surface area contributed by atoms with Crippen LogP contribution in [-0.4, -0.2) is 41.4 Å². The molecule has 4 atom stereocenters. The molecule has 2 amide bonds. The highest BCUT2D eigenvalue weighted by molar-refractivity contribution is 6.36. The molecule has 0 unspecified atom stereocenters. The van der Waals surface area contributed by atoms with E-state index in [2.05, 4.69) is 0 Å². The summed E-state index contributed by atoms with van der Waals surface area (Å²) in [4.78, 5) is 54.4. The summed E-state index contributed by atoms with van der Waals surface area (Å²) in [6, 6.07) is 13.6. The van der Waals surface area contributed by atoms with Crippen LogP contribution in [0.2, 0.25) is 5.02 Å². The predicted octanol–water partition coefficient (Wildman–Crippen LogP) is 4.35. The Labute approximate surface area is 216 Å². The van der Waals surface area contributed by atoms with Gasteiger partial charge in [0, 0.05) is 23.4 Å². The second kappa shape index (κ2) is 8.41. The number of halogens is 1. The molecule has 186 valence electrons. The average molecular weight is 518 g/mol. The smallest absolute Gasteiger partial charge is 0.329 e. The number of nitro groups is 1. The molecule has 0 aromatic heterocycles. The van der Waals surface area contributed by atoms with Crippen molar-refractivity contribution in [1.82, 2.24) is 0 Å². The highest BCUT2D eigenvalue weighted by Gasteiger charge is 2.65. The molecule has 37 heavy (non-hydrogen) atoms. The van der Waals surface area contributed by atoms with Gasteiger partial charge in [0.1, 0.15) is 6.04 Å². The summed E-state index contributed by atoms with van der Waals surface area (Å²) in [5.74, 6) is -3.75. The van der Waals surface area contributed by atoms with E-state index in [1.165, 1.54) is 12.1 Å². The first-order chi connectivity index (χ1) is 17.8. The van der Waals surface area contributed by atoms with Crippen LogP contribution in [0.5, 0.6) is 0 Å². The average Bonchev–Trinajstić information content (AvgIpc) is 3.37. The molecule has 0 spiro atoms. The van der Waals surface area contributed by atoms with E-state index >= 15 is 0 Å². The van der Waals surface area contributed by atoms with Crippen LogP contribution in [0.1, 0.15) is 12.5 Å². The number of imide groups is 1. The van der Waals surface area contributed by atoms with Crippen molar-refractivity contribution in [2.75, 3.05) is 16.4 Å². The number of fused-ring (bicyclic) bond motifs is 7. The Morgan fingerprint density at radius 1 is 1.05 bits per heavy atom. The van der Waals surface area contributed by atoms with Crippen molar-refractivity contribution in [3.8, 4) is 0 Å². The lowest BCUT2D eigenvalue weighted by atomic mass is 9.88. The summed E-state index contributed by atoms with van der Waals surface area (Å²) in [7, 11) is 0. The lowest BCUT2D eigenvalue weighted by Crippen LogP contribution is -2.49. The Morgan fingerprint density at radius 2 is 1.81 bits per heavy atom. The molecular formula is C27H20ClN3O6. The largest absolute Gasteiger partial charge is 0.464 e. The van der Waals surface area contributed by atoms with Crippen molar-refractivity contribution in [3.05, 3.63) is 81.4 Å². The number of benzene rings is 3. The topological polar surface area (TPSA) is 110 Å². The quantitative estimate of drug-likeness (QED) is 0.219. The molecular weight excluding hydrogens is 498 g/mol. The number of anilines is 2. The Bertz CT molecular complexity index is 1550. The molecule has 3 aromatic carbocycles. The molecule has 3 aromatic rings. The van der Waals surface area contributed by atoms with E-state index in [-0.39, 0.29) is 23.0 Å². The van der Waals surface area contributed by atoms with E-state index in [9.17, 15) is 24.5 Å². The van der Waals surface area contributed by atoms with Crippen molar-refractivity contribution in [1.29, 1.82) is 0 Å². The first-order valence-electron chi connectivity index (χ1n) is 11.8. The van der Waals surface area contributed by atoms with Crippen molar-refractivity contribution in [2.45, 2.75) is 19.0 Å². The molecule has 3 aliphatic heterocycles. The number of ether oxygens (including phenoxy) is 1. The van der Waals surface area contributed by atoms with Gasteiger partial charge in [-0.1, -0.05) is 54.1 Å². The van der Waals surface area contributed by atoms with E-state index in [1.54, 1.807) is 6.92 Å². The number of nitro benzene ring substituents is 1. The lowest BCUT2D eigenvalue weighted by molar-refractivity contribution is -0.384. The van der Waals surface area contributed by atoms with Crippen LogP contribution < -0.4 is 9.80 Å². The second-order valence-corrected chi connectivity index (χ2v) is 9.54. The summed E-state index contributed by atoms with van der Waals surface area (Å²) in [6.07, 6.45) is 3.76. The van der Waals surface area contributed by atoms with Crippen molar-refractivity contribution >= 4 is 63.3 Å². The number of carbonyl (C=O) groups is 3. The third kappa shape index (κ3) is 3.27. The normalized spacial score (nSPS) is 23.7. The molecule has 2 fully saturated rings. The third-order valence-electron chi connectivity index (χ3n) is 7.32. The van der Waals surface area contributed by atoms with Crippen molar-refractivity contribution < 1.29 is 24.0 Å². The second-order valence-electron chi connectivity index (χ2n) is 9.13. The van der Waals surface area contributed by atoms with Crippen LogP contribution in [0.25, 0.3) is 16.8 Å². The zero-order valence-corrected chi connectivity index (χ0v) is 20.3. The van der Waals surface area contributed by atoms with Gasteiger partial charge in [0.05, 0.1) is 40.1 Å². The Balaban J connectivity index is 1.50. The Hall–Kier alpha value is -4.24. The van der Waals surface area contributed by atoms with Crippen LogP contribution in [-0.2, 0) is 19.1 Å². The molecule has 3 aliphatic rings. The number of hydrogen-bond acceptors (Lipinski definition) is 7. The van der Waals surface area contributed by atoms with Crippen molar-refractivity contribution in [2.24, 2.45) is 11.8 Å². The van der Waals surface area contributed by atoms with Crippen LogP contribution in [0, 0.1) is 22.0 Å². The zero-order chi connectivity index (χ0) is 26.0. The summed E-state index contributed by atoms with van der Waals surface area (Å²) < 4.78 is 5.38. The van der Waals surface area contributed by atoms with E-state index in [0.29, 0.717) is 0 Å². The van der Waals surface area contributed by atoms with E-state index in [0.717, 1.165) is 33.0 Å². The van der Waals surface area contributed by atoms with Gasteiger partial charge in [-0.3, -0.25) is 19.7 Å². The molecule has 0 N–H and O–H groups in total. The number of carbonyl (C=O) groups excluding carboxylic acids is 3.